The molecule has 0 aliphatic rings. The zero-order chi connectivity index (χ0) is 19.6. The van der Waals surface area contributed by atoms with Gasteiger partial charge in [0, 0.05) is 32.4 Å². The lowest BCUT2D eigenvalue weighted by atomic mass is 10.2. The number of aryl methyl sites for hydroxylation is 1. The topological polar surface area (TPSA) is 42.2 Å². The second kappa shape index (κ2) is 7.71. The molecule has 0 spiro atoms. The van der Waals surface area contributed by atoms with Gasteiger partial charge in [0.1, 0.15) is 5.82 Å². The monoisotopic (exact) mass is 484 g/mol. The summed E-state index contributed by atoms with van der Waals surface area (Å²) in [6, 6.07) is 12.4. The highest BCUT2D eigenvalue weighted by Crippen LogP contribution is 2.28. The van der Waals surface area contributed by atoms with Gasteiger partial charge in [0.25, 0.3) is 0 Å². The number of hydrogen-bond acceptors (Lipinski definition) is 3. The molecule has 0 atom stereocenters. The number of rotatable bonds is 4. The zero-order valence-electron chi connectivity index (χ0n) is 14.5. The lowest BCUT2D eigenvalue weighted by Gasteiger charge is -2.09. The van der Waals surface area contributed by atoms with Gasteiger partial charge in [-0.15, -0.1) is 0 Å². The molecule has 0 saturated carbocycles. The summed E-state index contributed by atoms with van der Waals surface area (Å²) in [5, 5.41) is 4.09. The molecule has 0 aliphatic carbocycles. The summed E-state index contributed by atoms with van der Waals surface area (Å²) in [7, 11) is 0. The molecule has 3 aromatic rings. The lowest BCUT2D eigenvalue weighted by Crippen LogP contribution is -2.05. The van der Waals surface area contributed by atoms with Crippen LogP contribution in [-0.4, -0.2) is 15.8 Å². The Labute approximate surface area is 168 Å². The maximum absolute atomic E-state index is 12.5. The molecule has 0 saturated heterocycles. The van der Waals surface area contributed by atoms with Crippen LogP contribution in [0.25, 0.3) is 5.69 Å². The molecule has 0 unspecified atom stereocenters. The molecule has 27 heavy (non-hydrogen) atoms. The van der Waals surface area contributed by atoms with Crippen molar-refractivity contribution in [3.8, 4) is 5.69 Å². The predicted octanol–water partition coefficient (Wildman–Crippen LogP) is 5.56. The van der Waals surface area contributed by atoms with Gasteiger partial charge in [-0.3, -0.25) is 5.43 Å². The summed E-state index contributed by atoms with van der Waals surface area (Å²) >= 11 is 2.26. The molecule has 3 rings (SSSR count). The quantitative estimate of drug-likeness (QED) is 0.300. The van der Waals surface area contributed by atoms with Crippen LogP contribution in [0.1, 0.15) is 22.5 Å². The number of nitrogens with zero attached hydrogens (tertiary/aromatic N) is 3. The van der Waals surface area contributed by atoms with Gasteiger partial charge in [0.2, 0.25) is 0 Å². The third-order valence-corrected chi connectivity index (χ3v) is 4.75. The highest BCUT2D eigenvalue weighted by molar-refractivity contribution is 14.1. The first-order chi connectivity index (χ1) is 12.8. The molecule has 0 amide bonds. The Morgan fingerprint density at radius 1 is 1.11 bits per heavy atom. The van der Waals surface area contributed by atoms with Crippen LogP contribution >= 0.6 is 22.6 Å². The van der Waals surface area contributed by atoms with Crippen LogP contribution in [0.2, 0.25) is 0 Å². The number of benzene rings is 1. The fourth-order valence-electron chi connectivity index (χ4n) is 2.70. The highest BCUT2D eigenvalue weighted by Gasteiger charge is 2.30. The summed E-state index contributed by atoms with van der Waals surface area (Å²) in [5.74, 6) is 0.241. The van der Waals surface area contributed by atoms with E-state index in [1.54, 1.807) is 6.21 Å². The minimum Gasteiger partial charge on any atom is -0.318 e. The van der Waals surface area contributed by atoms with E-state index < -0.39 is 11.7 Å². The Morgan fingerprint density at radius 2 is 1.81 bits per heavy atom. The van der Waals surface area contributed by atoms with Crippen LogP contribution in [0.5, 0.6) is 0 Å². The van der Waals surface area contributed by atoms with Crippen LogP contribution in [0.3, 0.4) is 0 Å². The van der Waals surface area contributed by atoms with E-state index in [4.69, 9.17) is 0 Å². The van der Waals surface area contributed by atoms with Gasteiger partial charge < -0.3 is 4.57 Å². The van der Waals surface area contributed by atoms with Crippen LogP contribution in [-0.2, 0) is 6.18 Å². The number of hydrogen-bond donors (Lipinski definition) is 1. The summed E-state index contributed by atoms with van der Waals surface area (Å²) < 4.78 is 40.9. The molecular weight excluding hydrogens is 468 g/mol. The zero-order valence-corrected chi connectivity index (χ0v) is 16.7. The average molecular weight is 484 g/mol. The smallest absolute Gasteiger partial charge is 0.318 e. The third kappa shape index (κ3) is 4.49. The van der Waals surface area contributed by atoms with Gasteiger partial charge in [-0.2, -0.15) is 18.3 Å². The first-order valence-electron chi connectivity index (χ1n) is 8.03. The Kier molecular flexibility index (Phi) is 5.54. The Morgan fingerprint density at radius 3 is 2.41 bits per heavy atom. The summed E-state index contributed by atoms with van der Waals surface area (Å²) in [6.45, 7) is 4.00. The third-order valence-electron chi connectivity index (χ3n) is 4.03. The van der Waals surface area contributed by atoms with Crippen molar-refractivity contribution in [2.24, 2.45) is 5.10 Å². The van der Waals surface area contributed by atoms with E-state index in [9.17, 15) is 13.2 Å². The number of anilines is 1. The van der Waals surface area contributed by atoms with E-state index >= 15 is 0 Å². The molecule has 1 N–H and O–H groups in total. The second-order valence-electron chi connectivity index (χ2n) is 5.94. The van der Waals surface area contributed by atoms with E-state index in [0.29, 0.717) is 0 Å². The minimum atomic E-state index is -4.40. The van der Waals surface area contributed by atoms with Gasteiger partial charge in [0.15, 0.2) is 0 Å². The van der Waals surface area contributed by atoms with Crippen LogP contribution in [0.15, 0.2) is 53.8 Å². The molecule has 2 heterocycles. The molecule has 0 fully saturated rings. The predicted molar refractivity (Wildman–Crippen MR) is 108 cm³/mol. The van der Waals surface area contributed by atoms with Crippen molar-refractivity contribution in [1.29, 1.82) is 0 Å². The molecule has 2 aromatic heterocycles. The molecular formula is C19H16F3IN4. The van der Waals surface area contributed by atoms with Crippen molar-refractivity contribution in [3.05, 3.63) is 74.7 Å². The Balaban J connectivity index is 1.76. The van der Waals surface area contributed by atoms with Crippen molar-refractivity contribution in [2.75, 3.05) is 5.43 Å². The number of nitrogens with one attached hydrogen (secondary N) is 1. The molecule has 1 aromatic carbocycles. The summed E-state index contributed by atoms with van der Waals surface area (Å²) in [5.41, 5.74) is 5.90. The number of alkyl halides is 3. The standard InChI is InChI=1S/C19H16F3IN4/c1-12-9-14(13(2)27(12)17-6-4-16(23)5-7-17)10-25-26-18-8-3-15(11-24-18)19(20,21)22/h3-11H,1-2H3,(H,24,26). The van der Waals surface area contributed by atoms with E-state index in [-0.39, 0.29) is 5.82 Å². The molecule has 0 radical (unpaired) electrons. The number of hydrazone groups is 1. The van der Waals surface area contributed by atoms with Crippen LogP contribution in [0, 0.1) is 17.4 Å². The van der Waals surface area contributed by atoms with Gasteiger partial charge in [-0.25, -0.2) is 4.98 Å². The number of halogens is 4. The normalized spacial score (nSPS) is 11.9. The molecule has 0 bridgehead atoms. The van der Waals surface area contributed by atoms with Crippen molar-refractivity contribution < 1.29 is 13.2 Å². The first kappa shape index (κ1) is 19.4. The van der Waals surface area contributed by atoms with Crippen molar-refractivity contribution in [2.45, 2.75) is 20.0 Å². The van der Waals surface area contributed by atoms with E-state index in [1.807, 2.05) is 44.2 Å². The van der Waals surface area contributed by atoms with Gasteiger partial charge in [-0.05, 0) is 78.9 Å². The second-order valence-corrected chi connectivity index (χ2v) is 7.18. The van der Waals surface area contributed by atoms with E-state index in [0.717, 1.165) is 38.5 Å². The van der Waals surface area contributed by atoms with Gasteiger partial charge in [0.05, 0.1) is 11.8 Å². The SMILES string of the molecule is Cc1cc(C=NNc2ccc(C(F)(F)F)cn2)c(C)n1-c1ccc(I)cc1. The maximum atomic E-state index is 12.5. The van der Waals surface area contributed by atoms with Crippen LogP contribution < -0.4 is 5.43 Å². The molecule has 0 aliphatic heterocycles. The minimum absolute atomic E-state index is 0.241. The number of pyridine rings is 1. The largest absolute Gasteiger partial charge is 0.417 e. The van der Waals surface area contributed by atoms with Gasteiger partial charge >= 0.3 is 6.18 Å². The van der Waals surface area contributed by atoms with Crippen molar-refractivity contribution >= 4 is 34.6 Å². The Bertz CT molecular complexity index is 958. The Hall–Kier alpha value is -2.36. The van der Waals surface area contributed by atoms with E-state index in [1.165, 1.54) is 6.07 Å². The summed E-state index contributed by atoms with van der Waals surface area (Å²) in [6.07, 6.45) is -1.99. The van der Waals surface area contributed by atoms with E-state index in [2.05, 4.69) is 42.7 Å². The molecule has 8 heteroatoms. The van der Waals surface area contributed by atoms with Crippen LogP contribution in [0.4, 0.5) is 19.0 Å². The molecule has 4 nitrogen and oxygen atoms in total. The molecule has 140 valence electrons. The lowest BCUT2D eigenvalue weighted by molar-refractivity contribution is -0.137. The van der Waals surface area contributed by atoms with Gasteiger partial charge in [-0.1, -0.05) is 0 Å². The average Bonchev–Trinajstić information content (AvgIpc) is 2.89. The number of aromatic nitrogens is 2. The maximum Gasteiger partial charge on any atom is 0.417 e. The summed E-state index contributed by atoms with van der Waals surface area (Å²) in [4.78, 5) is 3.73. The van der Waals surface area contributed by atoms with Crippen molar-refractivity contribution in [1.82, 2.24) is 9.55 Å². The fraction of sp³-hybridized carbons (Fsp3) is 0.158. The highest BCUT2D eigenvalue weighted by atomic mass is 127. The van der Waals surface area contributed by atoms with Crippen molar-refractivity contribution in [3.63, 3.8) is 0 Å². The fourth-order valence-corrected chi connectivity index (χ4v) is 3.06. The first-order valence-corrected chi connectivity index (χ1v) is 9.11.